The zero-order chi connectivity index (χ0) is 13.4. The Kier molecular flexibility index (Phi) is 4.01. The Morgan fingerprint density at radius 1 is 1.28 bits per heavy atom. The lowest BCUT2D eigenvalue weighted by atomic mass is 10.0. The van der Waals surface area contributed by atoms with Crippen LogP contribution in [-0.2, 0) is 10.0 Å². The Bertz CT molecular complexity index is 526. The van der Waals surface area contributed by atoms with E-state index in [0.29, 0.717) is 24.5 Å². The molecule has 0 unspecified atom stereocenters. The van der Waals surface area contributed by atoms with Crippen LogP contribution in [0, 0.1) is 3.57 Å². The van der Waals surface area contributed by atoms with Crippen molar-refractivity contribution in [3.05, 3.63) is 27.8 Å². The van der Waals surface area contributed by atoms with Crippen LogP contribution < -0.4 is 5.32 Å². The molecule has 1 heterocycles. The normalized spacial score (nSPS) is 20.8. The molecule has 100 valence electrons. The van der Waals surface area contributed by atoms with Crippen LogP contribution in [0.2, 0.25) is 0 Å². The molecule has 0 atom stereocenters. The number of piperazine rings is 1. The van der Waals surface area contributed by atoms with Crippen LogP contribution in [0.1, 0.15) is 13.8 Å². The van der Waals surface area contributed by atoms with Gasteiger partial charge in [-0.05, 0) is 60.7 Å². The van der Waals surface area contributed by atoms with Crippen molar-refractivity contribution in [2.75, 3.05) is 19.6 Å². The molecule has 0 spiro atoms. The van der Waals surface area contributed by atoms with Gasteiger partial charge in [0.05, 0.1) is 4.90 Å². The summed E-state index contributed by atoms with van der Waals surface area (Å²) in [6.07, 6.45) is 0. The van der Waals surface area contributed by atoms with E-state index in [1.54, 1.807) is 16.4 Å². The fourth-order valence-electron chi connectivity index (χ4n) is 2.15. The second-order valence-electron chi connectivity index (χ2n) is 5.02. The van der Waals surface area contributed by atoms with Crippen molar-refractivity contribution < 1.29 is 8.42 Å². The first-order valence-electron chi connectivity index (χ1n) is 5.83. The van der Waals surface area contributed by atoms with E-state index >= 15 is 0 Å². The summed E-state index contributed by atoms with van der Waals surface area (Å²) < 4.78 is 27.8. The quantitative estimate of drug-likeness (QED) is 0.795. The van der Waals surface area contributed by atoms with Gasteiger partial charge in [0.1, 0.15) is 0 Å². The lowest BCUT2D eigenvalue weighted by Gasteiger charge is -2.41. The summed E-state index contributed by atoms with van der Waals surface area (Å²) in [5, 5.41) is 3.23. The summed E-state index contributed by atoms with van der Waals surface area (Å²) in [5.74, 6) is 0. The van der Waals surface area contributed by atoms with Crippen LogP contribution in [0.4, 0.5) is 0 Å². The molecule has 1 aromatic rings. The largest absolute Gasteiger partial charge is 0.314 e. The van der Waals surface area contributed by atoms with Crippen molar-refractivity contribution in [3.63, 3.8) is 0 Å². The van der Waals surface area contributed by atoms with Crippen LogP contribution in [-0.4, -0.2) is 37.9 Å². The Hall–Kier alpha value is -0.180. The SMILES string of the molecule is CC1(C)CNCCN1S(=O)(=O)c1ccc(I)cc1. The zero-order valence-corrected chi connectivity index (χ0v) is 13.5. The molecule has 6 heteroatoms. The first kappa shape index (κ1) is 14.2. The van der Waals surface area contributed by atoms with Crippen LogP contribution in [0.25, 0.3) is 0 Å². The van der Waals surface area contributed by atoms with Gasteiger partial charge >= 0.3 is 0 Å². The molecule has 0 radical (unpaired) electrons. The molecule has 18 heavy (non-hydrogen) atoms. The topological polar surface area (TPSA) is 49.4 Å². The minimum atomic E-state index is -3.40. The molecular weight excluding hydrogens is 363 g/mol. The van der Waals surface area contributed by atoms with Crippen molar-refractivity contribution in [2.24, 2.45) is 0 Å². The van der Waals surface area contributed by atoms with Crippen molar-refractivity contribution >= 4 is 32.6 Å². The zero-order valence-electron chi connectivity index (χ0n) is 10.5. The highest BCUT2D eigenvalue weighted by Gasteiger charge is 2.38. The van der Waals surface area contributed by atoms with Gasteiger partial charge in [0, 0.05) is 28.7 Å². The van der Waals surface area contributed by atoms with Gasteiger partial charge in [-0.3, -0.25) is 0 Å². The van der Waals surface area contributed by atoms with E-state index in [9.17, 15) is 8.42 Å². The highest BCUT2D eigenvalue weighted by atomic mass is 127. The average Bonchev–Trinajstić information content (AvgIpc) is 2.28. The maximum atomic E-state index is 12.6. The molecule has 1 saturated heterocycles. The number of sulfonamides is 1. The minimum Gasteiger partial charge on any atom is -0.314 e. The van der Waals surface area contributed by atoms with Crippen molar-refractivity contribution in [3.8, 4) is 0 Å². The third-order valence-corrected chi connectivity index (χ3v) is 5.97. The van der Waals surface area contributed by atoms with E-state index in [-0.39, 0.29) is 5.54 Å². The molecule has 0 saturated carbocycles. The van der Waals surface area contributed by atoms with Crippen molar-refractivity contribution in [1.29, 1.82) is 0 Å². The summed E-state index contributed by atoms with van der Waals surface area (Å²) in [4.78, 5) is 0.373. The monoisotopic (exact) mass is 380 g/mol. The number of nitrogens with zero attached hydrogens (tertiary/aromatic N) is 1. The molecule has 0 aromatic heterocycles. The van der Waals surface area contributed by atoms with Crippen molar-refractivity contribution in [2.45, 2.75) is 24.3 Å². The predicted octanol–water partition coefficient (Wildman–Crippen LogP) is 1.66. The maximum Gasteiger partial charge on any atom is 0.243 e. The third-order valence-electron chi connectivity index (χ3n) is 3.13. The number of hydrogen-bond acceptors (Lipinski definition) is 3. The lowest BCUT2D eigenvalue weighted by molar-refractivity contribution is 0.186. The average molecular weight is 380 g/mol. The molecule has 0 amide bonds. The number of halogens is 1. The molecule has 4 nitrogen and oxygen atoms in total. The van der Waals surface area contributed by atoms with Gasteiger partial charge in [-0.2, -0.15) is 4.31 Å². The number of hydrogen-bond donors (Lipinski definition) is 1. The fourth-order valence-corrected chi connectivity index (χ4v) is 4.29. The Morgan fingerprint density at radius 3 is 2.44 bits per heavy atom. The maximum absolute atomic E-state index is 12.6. The van der Waals surface area contributed by atoms with E-state index in [1.165, 1.54) is 0 Å². The molecule has 0 bridgehead atoms. The van der Waals surface area contributed by atoms with E-state index in [1.807, 2.05) is 26.0 Å². The summed E-state index contributed by atoms with van der Waals surface area (Å²) in [7, 11) is -3.40. The van der Waals surface area contributed by atoms with E-state index in [4.69, 9.17) is 0 Å². The Labute approximate surface area is 122 Å². The number of rotatable bonds is 2. The van der Waals surface area contributed by atoms with Gasteiger partial charge in [0.25, 0.3) is 0 Å². The molecular formula is C12H17IN2O2S. The van der Waals surface area contributed by atoms with Gasteiger partial charge in [-0.1, -0.05) is 0 Å². The lowest BCUT2D eigenvalue weighted by Crippen LogP contribution is -2.59. The summed E-state index contributed by atoms with van der Waals surface area (Å²) >= 11 is 2.17. The van der Waals surface area contributed by atoms with Crippen LogP contribution in [0.3, 0.4) is 0 Å². The highest BCUT2D eigenvalue weighted by molar-refractivity contribution is 14.1. The molecule has 1 N–H and O–H groups in total. The van der Waals surface area contributed by atoms with Gasteiger partial charge in [-0.15, -0.1) is 0 Å². The van der Waals surface area contributed by atoms with Crippen molar-refractivity contribution in [1.82, 2.24) is 9.62 Å². The summed E-state index contributed by atoms with van der Waals surface area (Å²) in [5.41, 5.74) is -0.389. The molecule has 0 aliphatic carbocycles. The summed E-state index contributed by atoms with van der Waals surface area (Å²) in [6.45, 7) is 5.79. The van der Waals surface area contributed by atoms with E-state index < -0.39 is 10.0 Å². The van der Waals surface area contributed by atoms with Crippen LogP contribution >= 0.6 is 22.6 Å². The van der Waals surface area contributed by atoms with Gasteiger partial charge < -0.3 is 5.32 Å². The number of benzene rings is 1. The van der Waals surface area contributed by atoms with E-state index in [0.717, 1.165) is 3.57 Å². The second-order valence-corrected chi connectivity index (χ2v) is 8.13. The molecule has 1 aromatic carbocycles. The van der Waals surface area contributed by atoms with Crippen LogP contribution in [0.5, 0.6) is 0 Å². The molecule has 2 rings (SSSR count). The second kappa shape index (κ2) is 5.07. The first-order valence-corrected chi connectivity index (χ1v) is 8.35. The minimum absolute atomic E-state index is 0.373. The van der Waals surface area contributed by atoms with Gasteiger partial charge in [-0.25, -0.2) is 8.42 Å². The van der Waals surface area contributed by atoms with Gasteiger partial charge in [0.2, 0.25) is 10.0 Å². The van der Waals surface area contributed by atoms with Crippen LogP contribution in [0.15, 0.2) is 29.2 Å². The predicted molar refractivity (Wildman–Crippen MR) is 80.0 cm³/mol. The van der Waals surface area contributed by atoms with Gasteiger partial charge in [0.15, 0.2) is 0 Å². The smallest absolute Gasteiger partial charge is 0.243 e. The number of nitrogens with one attached hydrogen (secondary N) is 1. The Balaban J connectivity index is 2.38. The summed E-state index contributed by atoms with van der Waals surface area (Å²) in [6, 6.07) is 7.00. The third kappa shape index (κ3) is 2.71. The first-order chi connectivity index (χ1) is 8.34. The fraction of sp³-hybridized carbons (Fsp3) is 0.500. The molecule has 1 aliphatic rings. The molecule has 1 aliphatic heterocycles. The molecule has 1 fully saturated rings. The van der Waals surface area contributed by atoms with E-state index in [2.05, 4.69) is 27.9 Å². The highest BCUT2D eigenvalue weighted by Crippen LogP contribution is 2.26. The standard InChI is InChI=1S/C12H17IN2O2S/c1-12(2)9-14-7-8-15(12)18(16,17)11-5-3-10(13)4-6-11/h3-6,14H,7-9H2,1-2H3. The Morgan fingerprint density at radius 2 is 1.89 bits per heavy atom.